The molecule has 0 saturated carbocycles. The van der Waals surface area contributed by atoms with Gasteiger partial charge in [0.05, 0.1) is 0 Å². The van der Waals surface area contributed by atoms with Gasteiger partial charge >= 0.3 is 12.2 Å². The molecule has 0 aromatic rings. The average molecular weight is 332 g/mol. The zero-order valence-corrected chi connectivity index (χ0v) is 15.4. The summed E-state index contributed by atoms with van der Waals surface area (Å²) in [4.78, 5) is 23.6. The van der Waals surface area contributed by atoms with Gasteiger partial charge in [-0.05, 0) is 53.9 Å². The summed E-state index contributed by atoms with van der Waals surface area (Å²) in [6.45, 7) is 12.7. The number of amides is 2. The van der Waals surface area contributed by atoms with Crippen molar-refractivity contribution >= 4 is 12.2 Å². The molecule has 7 heteroatoms. The molecule has 0 bridgehead atoms. The lowest BCUT2D eigenvalue weighted by molar-refractivity contribution is 0.0453. The van der Waals surface area contributed by atoms with E-state index in [0.29, 0.717) is 6.42 Å². The molecule has 0 radical (unpaired) electrons. The number of carbonyl (C=O) groups is 2. The topological polar surface area (TPSA) is 96.9 Å². The van der Waals surface area contributed by atoms with E-state index in [1.807, 2.05) is 6.92 Å². The molecule has 0 heterocycles. The Balaban J connectivity index is 4.57. The zero-order chi connectivity index (χ0) is 18.3. The Kier molecular flexibility index (Phi) is 8.37. The maximum Gasteiger partial charge on any atom is 0.407 e. The van der Waals surface area contributed by atoms with E-state index in [1.165, 1.54) is 0 Å². The van der Waals surface area contributed by atoms with Crippen molar-refractivity contribution in [3.8, 4) is 0 Å². The van der Waals surface area contributed by atoms with Crippen LogP contribution in [-0.2, 0) is 9.47 Å². The van der Waals surface area contributed by atoms with Gasteiger partial charge in [0.15, 0.2) is 0 Å². The first-order valence-corrected chi connectivity index (χ1v) is 7.89. The molecule has 2 amide bonds. The molecule has 136 valence electrons. The minimum absolute atomic E-state index is 0.00106. The predicted octanol–water partition coefficient (Wildman–Crippen LogP) is 2.42. The van der Waals surface area contributed by atoms with Crippen molar-refractivity contribution < 1.29 is 24.2 Å². The highest BCUT2D eigenvalue weighted by Crippen LogP contribution is 2.10. The summed E-state index contributed by atoms with van der Waals surface area (Å²) in [5.41, 5.74) is -1.19. The number of rotatable bonds is 6. The van der Waals surface area contributed by atoms with Crippen molar-refractivity contribution in [2.45, 2.75) is 72.1 Å². The molecule has 7 nitrogen and oxygen atoms in total. The van der Waals surface area contributed by atoms with Gasteiger partial charge in [-0.1, -0.05) is 6.92 Å². The van der Waals surface area contributed by atoms with Crippen LogP contribution < -0.4 is 10.6 Å². The highest BCUT2D eigenvalue weighted by molar-refractivity contribution is 5.69. The van der Waals surface area contributed by atoms with Gasteiger partial charge in [-0.2, -0.15) is 0 Å². The van der Waals surface area contributed by atoms with Crippen LogP contribution in [0.5, 0.6) is 0 Å². The summed E-state index contributed by atoms with van der Waals surface area (Å²) in [5, 5.41) is 14.5. The Morgan fingerprint density at radius 1 is 1.00 bits per heavy atom. The maximum atomic E-state index is 11.9. The number of carbonyl (C=O) groups excluding carboxylic acids is 2. The molecule has 0 saturated heterocycles. The van der Waals surface area contributed by atoms with E-state index in [0.717, 1.165) is 0 Å². The molecule has 0 rings (SSSR count). The molecule has 0 aromatic heterocycles. The lowest BCUT2D eigenvalue weighted by atomic mass is 10.0. The SMILES string of the molecule is C[C@H](CO)C[C@@H](CNC(=O)OC(C)(C)C)NC(=O)OC(C)(C)C. The van der Waals surface area contributed by atoms with Gasteiger partial charge in [0.25, 0.3) is 0 Å². The fourth-order valence-electron chi connectivity index (χ4n) is 1.75. The van der Waals surface area contributed by atoms with Gasteiger partial charge in [0.2, 0.25) is 0 Å². The maximum absolute atomic E-state index is 11.9. The van der Waals surface area contributed by atoms with Crippen LogP contribution in [-0.4, -0.2) is 47.7 Å². The lowest BCUT2D eigenvalue weighted by Crippen LogP contribution is -2.47. The Labute approximate surface area is 139 Å². The molecular formula is C16H32N2O5. The second-order valence-corrected chi connectivity index (χ2v) is 7.75. The van der Waals surface area contributed by atoms with E-state index in [1.54, 1.807) is 41.5 Å². The predicted molar refractivity (Wildman–Crippen MR) is 88.3 cm³/mol. The molecule has 0 aromatic carbocycles. The van der Waals surface area contributed by atoms with Crippen molar-refractivity contribution in [2.24, 2.45) is 5.92 Å². The summed E-state index contributed by atoms with van der Waals surface area (Å²) < 4.78 is 10.4. The van der Waals surface area contributed by atoms with Crippen LogP contribution >= 0.6 is 0 Å². The average Bonchev–Trinajstić information content (AvgIpc) is 2.31. The van der Waals surface area contributed by atoms with E-state index in [9.17, 15) is 14.7 Å². The molecule has 2 atom stereocenters. The molecule has 0 aliphatic heterocycles. The van der Waals surface area contributed by atoms with Gasteiger partial charge in [-0.25, -0.2) is 9.59 Å². The van der Waals surface area contributed by atoms with E-state index in [-0.39, 0.29) is 25.1 Å². The number of hydrogen-bond acceptors (Lipinski definition) is 5. The monoisotopic (exact) mass is 332 g/mol. The number of ether oxygens (including phenoxy) is 2. The van der Waals surface area contributed by atoms with Gasteiger partial charge in [-0.15, -0.1) is 0 Å². The highest BCUT2D eigenvalue weighted by Gasteiger charge is 2.22. The molecule has 0 spiro atoms. The van der Waals surface area contributed by atoms with Gasteiger partial charge in [0.1, 0.15) is 11.2 Å². The molecule has 0 unspecified atom stereocenters. The largest absolute Gasteiger partial charge is 0.444 e. The second kappa shape index (κ2) is 8.96. The normalized spacial score (nSPS) is 14.6. The number of alkyl carbamates (subject to hydrolysis) is 2. The van der Waals surface area contributed by atoms with Crippen LogP contribution in [0.1, 0.15) is 54.9 Å². The molecule has 0 aliphatic rings. The van der Waals surface area contributed by atoms with E-state index in [2.05, 4.69) is 10.6 Å². The van der Waals surface area contributed by atoms with Crippen LogP contribution in [0.25, 0.3) is 0 Å². The molecule has 3 N–H and O–H groups in total. The van der Waals surface area contributed by atoms with Crippen molar-refractivity contribution in [1.29, 1.82) is 0 Å². The van der Waals surface area contributed by atoms with Crippen molar-refractivity contribution in [3.05, 3.63) is 0 Å². The fraction of sp³-hybridized carbons (Fsp3) is 0.875. The Bertz CT molecular complexity index is 385. The first-order valence-electron chi connectivity index (χ1n) is 7.89. The van der Waals surface area contributed by atoms with Crippen LogP contribution in [0.3, 0.4) is 0 Å². The van der Waals surface area contributed by atoms with Crippen LogP contribution in [0.2, 0.25) is 0 Å². The Morgan fingerprint density at radius 3 is 1.91 bits per heavy atom. The number of aliphatic hydroxyl groups excluding tert-OH is 1. The molecule has 23 heavy (non-hydrogen) atoms. The highest BCUT2D eigenvalue weighted by atomic mass is 16.6. The summed E-state index contributed by atoms with van der Waals surface area (Å²) in [5.74, 6) is -0.0182. The van der Waals surface area contributed by atoms with Gasteiger partial charge in [-0.3, -0.25) is 0 Å². The molecule has 0 aliphatic carbocycles. The third kappa shape index (κ3) is 12.7. The number of aliphatic hydroxyl groups is 1. The van der Waals surface area contributed by atoms with E-state index in [4.69, 9.17) is 9.47 Å². The summed E-state index contributed by atoms with van der Waals surface area (Å²) in [6.07, 6.45) is -0.602. The number of hydrogen-bond donors (Lipinski definition) is 3. The zero-order valence-electron chi connectivity index (χ0n) is 15.4. The summed E-state index contributed by atoms with van der Waals surface area (Å²) >= 11 is 0. The Hall–Kier alpha value is -1.50. The van der Waals surface area contributed by atoms with Crippen molar-refractivity contribution in [2.75, 3.05) is 13.2 Å². The third-order valence-electron chi connectivity index (χ3n) is 2.61. The van der Waals surface area contributed by atoms with Gasteiger partial charge < -0.3 is 25.2 Å². The minimum Gasteiger partial charge on any atom is -0.444 e. The van der Waals surface area contributed by atoms with Crippen LogP contribution in [0.15, 0.2) is 0 Å². The van der Waals surface area contributed by atoms with Crippen LogP contribution in [0.4, 0.5) is 9.59 Å². The second-order valence-electron chi connectivity index (χ2n) is 7.75. The first kappa shape index (κ1) is 21.5. The molecular weight excluding hydrogens is 300 g/mol. The Morgan fingerprint density at radius 2 is 1.48 bits per heavy atom. The number of nitrogens with one attached hydrogen (secondary N) is 2. The van der Waals surface area contributed by atoms with Gasteiger partial charge in [0, 0.05) is 19.2 Å². The van der Waals surface area contributed by atoms with E-state index < -0.39 is 23.4 Å². The van der Waals surface area contributed by atoms with Crippen LogP contribution in [0, 0.1) is 5.92 Å². The van der Waals surface area contributed by atoms with Crippen molar-refractivity contribution in [1.82, 2.24) is 10.6 Å². The first-order chi connectivity index (χ1) is 10.3. The smallest absolute Gasteiger partial charge is 0.407 e. The van der Waals surface area contributed by atoms with E-state index >= 15 is 0 Å². The fourth-order valence-corrected chi connectivity index (χ4v) is 1.75. The quantitative estimate of drug-likeness (QED) is 0.694. The lowest BCUT2D eigenvalue weighted by Gasteiger charge is -2.26. The summed E-state index contributed by atoms with van der Waals surface area (Å²) in [6, 6.07) is -0.362. The van der Waals surface area contributed by atoms with Crippen molar-refractivity contribution in [3.63, 3.8) is 0 Å². The third-order valence-corrected chi connectivity index (χ3v) is 2.61. The standard InChI is InChI=1S/C16H32N2O5/c1-11(10-19)8-12(18-14(21)23-16(5,6)7)9-17-13(20)22-15(2,3)4/h11-12,19H,8-10H2,1-7H3,(H,17,20)(H,18,21)/t11-,12-/m0/s1. The molecule has 0 fully saturated rings. The summed E-state index contributed by atoms with van der Waals surface area (Å²) in [7, 11) is 0. The minimum atomic E-state index is -0.601.